The number of carbonyl (C=O) groups is 1. The summed E-state index contributed by atoms with van der Waals surface area (Å²) in [6.45, 7) is 0. The van der Waals surface area contributed by atoms with Gasteiger partial charge in [-0.25, -0.2) is 12.7 Å². The second kappa shape index (κ2) is 6.94. The Hall–Kier alpha value is -3.15. The van der Waals surface area contributed by atoms with E-state index in [9.17, 15) is 13.2 Å². The predicted octanol–water partition coefficient (Wildman–Crippen LogP) is 5.20. The van der Waals surface area contributed by atoms with Crippen LogP contribution in [0.3, 0.4) is 0 Å². The minimum absolute atomic E-state index is 0.110. The number of para-hydroxylation sites is 1. The molecular weight excluding hydrogens is 430 g/mol. The van der Waals surface area contributed by atoms with Crippen LogP contribution in [0, 0.1) is 0 Å². The number of ketones is 1. The van der Waals surface area contributed by atoms with E-state index < -0.39 is 15.4 Å². The van der Waals surface area contributed by atoms with Crippen LogP contribution in [0.2, 0.25) is 5.02 Å². The molecule has 1 spiro atoms. The van der Waals surface area contributed by atoms with Crippen molar-refractivity contribution in [3.05, 3.63) is 118 Å². The third-order valence-electron chi connectivity index (χ3n) is 5.78. The zero-order chi connectivity index (χ0) is 21.8. The van der Waals surface area contributed by atoms with Gasteiger partial charge in [-0.3, -0.25) is 4.79 Å². The molecule has 2 aliphatic rings. The summed E-state index contributed by atoms with van der Waals surface area (Å²) in [5.74, 6) is -0.110. The molecule has 0 saturated heterocycles. The van der Waals surface area contributed by atoms with Crippen molar-refractivity contribution in [2.75, 3.05) is 10.6 Å². The minimum Gasteiger partial charge on any atom is -0.289 e. The van der Waals surface area contributed by atoms with E-state index >= 15 is 0 Å². The summed E-state index contributed by atoms with van der Waals surface area (Å²) < 4.78 is 27.6. The van der Waals surface area contributed by atoms with E-state index in [0.717, 1.165) is 16.7 Å². The molecule has 0 fully saturated rings. The molecule has 6 heteroatoms. The molecule has 5 rings (SSSR count). The van der Waals surface area contributed by atoms with Gasteiger partial charge < -0.3 is 0 Å². The molecule has 0 bridgehead atoms. The first kappa shape index (κ1) is 19.8. The quantitative estimate of drug-likeness (QED) is 0.554. The van der Waals surface area contributed by atoms with Crippen LogP contribution in [0.5, 0.6) is 0 Å². The van der Waals surface area contributed by atoms with Crippen LogP contribution >= 0.6 is 11.6 Å². The van der Waals surface area contributed by atoms with Gasteiger partial charge >= 0.3 is 0 Å². The second-order valence-electron chi connectivity index (χ2n) is 7.68. The number of carbonyl (C=O) groups excluding carboxylic acids is 1. The Balaban J connectivity index is 1.88. The highest BCUT2D eigenvalue weighted by Crippen LogP contribution is 2.53. The molecule has 0 N–H and O–H groups in total. The zero-order valence-corrected chi connectivity index (χ0v) is 18.2. The van der Waals surface area contributed by atoms with Gasteiger partial charge in [-0.15, -0.1) is 0 Å². The Bertz CT molecular complexity index is 1390. The van der Waals surface area contributed by atoms with Crippen molar-refractivity contribution in [1.82, 2.24) is 0 Å². The van der Waals surface area contributed by atoms with E-state index in [-0.39, 0.29) is 5.78 Å². The average molecular weight is 448 g/mol. The van der Waals surface area contributed by atoms with Crippen molar-refractivity contribution in [2.24, 2.45) is 0 Å². The molecule has 154 valence electrons. The van der Waals surface area contributed by atoms with Crippen LogP contribution in [-0.4, -0.2) is 20.5 Å². The van der Waals surface area contributed by atoms with Crippen molar-refractivity contribution in [2.45, 2.75) is 5.41 Å². The second-order valence-corrected chi connectivity index (χ2v) is 9.94. The topological polar surface area (TPSA) is 54.5 Å². The lowest BCUT2D eigenvalue weighted by molar-refractivity contribution is 0.104. The fourth-order valence-corrected chi connectivity index (χ4v) is 5.80. The number of nitrogens with zero attached hydrogens (tertiary/aromatic N) is 1. The number of allylic oxidation sites excluding steroid dienone is 2. The Morgan fingerprint density at radius 3 is 2.35 bits per heavy atom. The van der Waals surface area contributed by atoms with Gasteiger partial charge in [0.25, 0.3) is 0 Å². The molecule has 0 aliphatic heterocycles. The molecule has 0 aromatic heterocycles. The van der Waals surface area contributed by atoms with Gasteiger partial charge in [-0.05, 0) is 53.1 Å². The van der Waals surface area contributed by atoms with Crippen molar-refractivity contribution in [3.8, 4) is 0 Å². The molecule has 0 radical (unpaired) electrons. The van der Waals surface area contributed by atoms with Crippen molar-refractivity contribution in [1.29, 1.82) is 0 Å². The Morgan fingerprint density at radius 1 is 0.903 bits per heavy atom. The van der Waals surface area contributed by atoms with Gasteiger partial charge in [-0.2, -0.15) is 0 Å². The summed E-state index contributed by atoms with van der Waals surface area (Å²) in [4.78, 5) is 12.7. The summed E-state index contributed by atoms with van der Waals surface area (Å²) in [5, 5.41) is 0.543. The summed E-state index contributed by atoms with van der Waals surface area (Å²) in [5.41, 5.74) is 3.08. The SMILES string of the molecule is CS(=O)(=O)N(C1=Cc2ccc(Cl)cc2[C@]12C=CC(=O)c1ccccc12)c1ccccc1. The molecular formula is C25H18ClNO3S. The third-order valence-corrected chi connectivity index (χ3v) is 7.09. The number of sulfonamides is 1. The molecule has 0 amide bonds. The van der Waals surface area contributed by atoms with Gasteiger partial charge in [0.2, 0.25) is 10.0 Å². The van der Waals surface area contributed by atoms with E-state index in [1.807, 2.05) is 42.5 Å². The lowest BCUT2D eigenvalue weighted by Gasteiger charge is -2.39. The Kier molecular flexibility index (Phi) is 4.43. The van der Waals surface area contributed by atoms with Crippen molar-refractivity contribution >= 4 is 39.2 Å². The molecule has 3 aromatic rings. The number of anilines is 1. The maximum Gasteiger partial charge on any atom is 0.236 e. The van der Waals surface area contributed by atoms with Crippen LogP contribution in [0.25, 0.3) is 6.08 Å². The zero-order valence-electron chi connectivity index (χ0n) is 16.6. The number of hydrogen-bond acceptors (Lipinski definition) is 3. The van der Waals surface area contributed by atoms with E-state index in [4.69, 9.17) is 11.6 Å². The van der Waals surface area contributed by atoms with Crippen LogP contribution in [0.1, 0.15) is 27.0 Å². The molecule has 31 heavy (non-hydrogen) atoms. The normalized spacial score (nSPS) is 19.2. The predicted molar refractivity (Wildman–Crippen MR) is 124 cm³/mol. The van der Waals surface area contributed by atoms with Gasteiger partial charge in [0.05, 0.1) is 23.1 Å². The van der Waals surface area contributed by atoms with Crippen LogP contribution in [0.15, 0.2) is 90.6 Å². The highest BCUT2D eigenvalue weighted by atomic mass is 35.5. The highest BCUT2D eigenvalue weighted by molar-refractivity contribution is 7.92. The molecule has 2 aliphatic carbocycles. The van der Waals surface area contributed by atoms with E-state index in [1.54, 1.807) is 42.5 Å². The molecule has 1 atom stereocenters. The first-order valence-electron chi connectivity index (χ1n) is 9.73. The monoisotopic (exact) mass is 447 g/mol. The fraction of sp³-hybridized carbons (Fsp3) is 0.0800. The van der Waals surface area contributed by atoms with E-state index in [2.05, 4.69) is 0 Å². The largest absolute Gasteiger partial charge is 0.289 e. The van der Waals surface area contributed by atoms with Crippen LogP contribution in [0.4, 0.5) is 5.69 Å². The fourth-order valence-electron chi connectivity index (χ4n) is 4.57. The molecule has 4 nitrogen and oxygen atoms in total. The summed E-state index contributed by atoms with van der Waals surface area (Å²) in [6, 6.07) is 21.8. The third kappa shape index (κ3) is 2.96. The number of fused-ring (bicyclic) bond motifs is 4. The lowest BCUT2D eigenvalue weighted by Crippen LogP contribution is -2.41. The average Bonchev–Trinajstić information content (AvgIpc) is 3.05. The summed E-state index contributed by atoms with van der Waals surface area (Å²) in [7, 11) is -3.71. The standard InChI is InChI=1S/C25H18ClNO3S/c1-31(29,30)27(19-7-3-2-4-8-19)24-15-17-11-12-18(26)16-22(17)25(24)14-13-23(28)20-9-5-6-10-21(20)25/h2-16H,1H3/t25-/m1/s1. The smallest absolute Gasteiger partial charge is 0.236 e. The molecule has 0 heterocycles. The summed E-state index contributed by atoms with van der Waals surface area (Å²) >= 11 is 6.37. The Labute approximate surface area is 186 Å². The van der Waals surface area contributed by atoms with E-state index in [1.165, 1.54) is 16.6 Å². The van der Waals surface area contributed by atoms with Gasteiger partial charge in [0, 0.05) is 10.6 Å². The number of hydrogen-bond donors (Lipinski definition) is 0. The van der Waals surface area contributed by atoms with Gasteiger partial charge in [0.15, 0.2) is 5.78 Å². The maximum atomic E-state index is 13.1. The van der Waals surface area contributed by atoms with Crippen LogP contribution < -0.4 is 4.31 Å². The number of rotatable bonds is 3. The van der Waals surface area contributed by atoms with E-state index in [0.29, 0.717) is 22.0 Å². The number of halogens is 1. The van der Waals surface area contributed by atoms with Crippen LogP contribution in [-0.2, 0) is 15.4 Å². The lowest BCUT2D eigenvalue weighted by atomic mass is 9.69. The Morgan fingerprint density at radius 2 is 1.61 bits per heavy atom. The van der Waals surface area contributed by atoms with Crippen molar-refractivity contribution < 1.29 is 13.2 Å². The van der Waals surface area contributed by atoms with Crippen molar-refractivity contribution in [3.63, 3.8) is 0 Å². The molecule has 0 unspecified atom stereocenters. The number of benzene rings is 3. The molecule has 3 aromatic carbocycles. The van der Waals surface area contributed by atoms with Gasteiger partial charge in [-0.1, -0.05) is 66.2 Å². The minimum atomic E-state index is -3.71. The maximum absolute atomic E-state index is 13.1. The van der Waals surface area contributed by atoms with Gasteiger partial charge in [0.1, 0.15) is 0 Å². The summed E-state index contributed by atoms with van der Waals surface area (Å²) in [6.07, 6.45) is 6.38. The highest BCUT2D eigenvalue weighted by Gasteiger charge is 2.49. The first-order chi connectivity index (χ1) is 14.8. The first-order valence-corrected chi connectivity index (χ1v) is 12.0. The molecule has 0 saturated carbocycles.